The molecule has 0 bridgehead atoms. The highest BCUT2D eigenvalue weighted by molar-refractivity contribution is 5.89. The van der Waals surface area contributed by atoms with E-state index in [1.807, 2.05) is 44.2 Å². The summed E-state index contributed by atoms with van der Waals surface area (Å²) in [5.41, 5.74) is -0.0102. The summed E-state index contributed by atoms with van der Waals surface area (Å²) in [4.78, 5) is 42.9. The summed E-state index contributed by atoms with van der Waals surface area (Å²) in [5.74, 6) is -1.56. The Morgan fingerprint density at radius 2 is 1.86 bits per heavy atom. The van der Waals surface area contributed by atoms with Crippen LogP contribution in [0.25, 0.3) is 11.3 Å². The number of methoxy groups -OCH3 is 1. The highest BCUT2D eigenvalue weighted by atomic mass is 16.5. The number of carbonyl (C=O) groups is 3. The number of esters is 1. The molecule has 37 heavy (non-hydrogen) atoms. The minimum atomic E-state index is -1.01. The van der Waals surface area contributed by atoms with Crippen molar-refractivity contribution in [3.8, 4) is 11.3 Å². The smallest absolute Gasteiger partial charge is 0.329 e. The Morgan fingerprint density at radius 1 is 1.16 bits per heavy atom. The molecule has 1 saturated carbocycles. The van der Waals surface area contributed by atoms with Crippen molar-refractivity contribution in [3.63, 3.8) is 0 Å². The first-order valence-corrected chi connectivity index (χ1v) is 12.9. The van der Waals surface area contributed by atoms with Crippen LogP contribution in [0, 0.1) is 17.3 Å². The molecule has 1 unspecified atom stereocenters. The predicted molar refractivity (Wildman–Crippen MR) is 137 cm³/mol. The molecule has 3 rings (SSSR count). The molecular weight excluding hydrogens is 476 g/mol. The second-order valence-electron chi connectivity index (χ2n) is 10.2. The van der Waals surface area contributed by atoms with Crippen molar-refractivity contribution in [2.45, 2.75) is 64.8 Å². The third-order valence-electron chi connectivity index (χ3n) is 6.84. The van der Waals surface area contributed by atoms with Crippen molar-refractivity contribution < 1.29 is 33.4 Å². The molecule has 1 aliphatic carbocycles. The molecule has 1 aromatic heterocycles. The molecule has 1 aromatic carbocycles. The van der Waals surface area contributed by atoms with Gasteiger partial charge in [-0.3, -0.25) is 9.59 Å². The highest BCUT2D eigenvalue weighted by Gasteiger charge is 2.45. The van der Waals surface area contributed by atoms with Gasteiger partial charge >= 0.3 is 11.9 Å². The van der Waals surface area contributed by atoms with E-state index in [0.29, 0.717) is 37.5 Å². The second kappa shape index (κ2) is 13.4. The summed E-state index contributed by atoms with van der Waals surface area (Å²) in [5, 5.41) is 12.6. The number of ether oxygens (including phenoxy) is 2. The van der Waals surface area contributed by atoms with Gasteiger partial charge in [0.2, 0.25) is 5.91 Å². The van der Waals surface area contributed by atoms with Crippen LogP contribution in [0.3, 0.4) is 0 Å². The van der Waals surface area contributed by atoms with Crippen LogP contribution >= 0.6 is 0 Å². The van der Waals surface area contributed by atoms with E-state index in [9.17, 15) is 19.5 Å². The molecule has 1 heterocycles. The van der Waals surface area contributed by atoms with E-state index < -0.39 is 29.3 Å². The van der Waals surface area contributed by atoms with Crippen molar-refractivity contribution in [1.29, 1.82) is 0 Å². The van der Waals surface area contributed by atoms with Crippen molar-refractivity contribution in [2.75, 3.05) is 20.3 Å². The van der Waals surface area contributed by atoms with Gasteiger partial charge in [0.1, 0.15) is 6.04 Å². The van der Waals surface area contributed by atoms with Gasteiger partial charge in [0.25, 0.3) is 0 Å². The van der Waals surface area contributed by atoms with E-state index in [1.165, 1.54) is 7.11 Å². The van der Waals surface area contributed by atoms with E-state index >= 15 is 0 Å². The summed E-state index contributed by atoms with van der Waals surface area (Å²) >= 11 is 0. The molecule has 1 aliphatic rings. The first-order valence-electron chi connectivity index (χ1n) is 12.9. The van der Waals surface area contributed by atoms with Gasteiger partial charge in [-0.1, -0.05) is 57.0 Å². The number of aromatic nitrogens is 1. The molecular formula is C28H38N2O7. The zero-order valence-corrected chi connectivity index (χ0v) is 21.9. The molecule has 2 N–H and O–H groups in total. The van der Waals surface area contributed by atoms with Gasteiger partial charge in [0.05, 0.1) is 30.6 Å². The Balaban J connectivity index is 1.79. The van der Waals surface area contributed by atoms with Crippen LogP contribution in [0.15, 0.2) is 40.9 Å². The lowest BCUT2D eigenvalue weighted by molar-refractivity contribution is -0.151. The number of benzene rings is 1. The molecule has 0 aliphatic heterocycles. The van der Waals surface area contributed by atoms with Crippen LogP contribution in [0.1, 0.15) is 58.3 Å². The number of carboxylic acids is 1. The number of aliphatic carboxylic acids is 1. The fourth-order valence-electron chi connectivity index (χ4n) is 4.79. The van der Waals surface area contributed by atoms with Crippen LogP contribution in [-0.2, 0) is 30.3 Å². The second-order valence-corrected chi connectivity index (χ2v) is 10.2. The third kappa shape index (κ3) is 7.89. The summed E-state index contributed by atoms with van der Waals surface area (Å²) < 4.78 is 16.4. The summed E-state index contributed by atoms with van der Waals surface area (Å²) in [6, 6.07) is 8.47. The third-order valence-corrected chi connectivity index (χ3v) is 6.84. The number of oxazole rings is 1. The summed E-state index contributed by atoms with van der Waals surface area (Å²) in [6.07, 6.45) is 4.93. The monoisotopic (exact) mass is 514 g/mol. The molecule has 0 spiro atoms. The predicted octanol–water partition coefficient (Wildman–Crippen LogP) is 4.26. The lowest BCUT2D eigenvalue weighted by Crippen LogP contribution is -2.50. The zero-order chi connectivity index (χ0) is 26.8. The lowest BCUT2D eigenvalue weighted by atomic mass is 9.75. The van der Waals surface area contributed by atoms with E-state index in [0.717, 1.165) is 18.4 Å². The molecule has 2 aromatic rings. The van der Waals surface area contributed by atoms with Gasteiger partial charge in [-0.25, -0.2) is 9.78 Å². The van der Waals surface area contributed by atoms with Crippen LogP contribution in [0.5, 0.6) is 0 Å². The van der Waals surface area contributed by atoms with Gasteiger partial charge in [0.15, 0.2) is 11.7 Å². The van der Waals surface area contributed by atoms with E-state index in [1.54, 1.807) is 6.20 Å². The molecule has 1 fully saturated rings. The number of hydrogen-bond donors (Lipinski definition) is 2. The quantitative estimate of drug-likeness (QED) is 0.358. The minimum Gasteiger partial charge on any atom is -0.481 e. The average molecular weight is 515 g/mol. The van der Waals surface area contributed by atoms with E-state index in [2.05, 4.69) is 10.3 Å². The Labute approximate surface area is 217 Å². The molecule has 2 atom stereocenters. The normalized spacial score (nSPS) is 16.3. The van der Waals surface area contributed by atoms with Gasteiger partial charge in [-0.2, -0.15) is 0 Å². The molecule has 9 heteroatoms. The Hall–Kier alpha value is -3.20. The van der Waals surface area contributed by atoms with Crippen LogP contribution in [0.4, 0.5) is 0 Å². The van der Waals surface area contributed by atoms with E-state index in [4.69, 9.17) is 13.9 Å². The van der Waals surface area contributed by atoms with Crippen molar-refractivity contribution in [3.05, 3.63) is 42.4 Å². The number of carbonyl (C=O) groups excluding carboxylic acids is 2. The first kappa shape index (κ1) is 28.4. The number of carboxylic acid groups (broad SMARTS) is 1. The molecule has 202 valence electrons. The summed E-state index contributed by atoms with van der Waals surface area (Å²) in [7, 11) is 1.52. The Kier molecular flexibility index (Phi) is 10.3. The van der Waals surface area contributed by atoms with Gasteiger partial charge < -0.3 is 24.3 Å². The fourth-order valence-corrected chi connectivity index (χ4v) is 4.79. The Bertz CT molecular complexity index is 1030. The average Bonchev–Trinajstić information content (AvgIpc) is 3.55. The molecule has 0 saturated heterocycles. The van der Waals surface area contributed by atoms with Crippen LogP contribution in [0.2, 0.25) is 0 Å². The number of nitrogens with one attached hydrogen (secondary N) is 1. The molecule has 0 radical (unpaired) electrons. The maximum atomic E-state index is 13.7. The van der Waals surface area contributed by atoms with Crippen molar-refractivity contribution >= 4 is 17.8 Å². The number of amides is 1. The molecule has 9 nitrogen and oxygen atoms in total. The SMILES string of the molecule is COCC[C@H](CC1(C(=O)NC(Cc2ncc(-c3ccccc3)o2)C(=O)OCC(C)C)CCCC1)C(=O)O. The van der Waals surface area contributed by atoms with Gasteiger partial charge in [-0.15, -0.1) is 0 Å². The van der Waals surface area contributed by atoms with Gasteiger partial charge in [0, 0.05) is 19.3 Å². The standard InChI is InChI=1S/C28H38N2O7/c1-19(2)18-36-26(33)22(15-24-29-17-23(37-24)20-9-5-4-6-10-20)30-27(34)28(12-7-8-13-28)16-21(25(31)32)11-14-35-3/h4-6,9-10,17,19,21-22H,7-8,11-16,18H2,1-3H3,(H,30,34)(H,31,32)/t21-,22?/m1/s1. The lowest BCUT2D eigenvalue weighted by Gasteiger charge is -2.32. The maximum absolute atomic E-state index is 13.7. The number of hydrogen-bond acceptors (Lipinski definition) is 7. The number of rotatable bonds is 14. The van der Waals surface area contributed by atoms with Crippen molar-refractivity contribution in [1.82, 2.24) is 10.3 Å². The van der Waals surface area contributed by atoms with Gasteiger partial charge in [-0.05, 0) is 31.6 Å². The zero-order valence-electron chi connectivity index (χ0n) is 21.9. The highest BCUT2D eigenvalue weighted by Crippen LogP contribution is 2.44. The largest absolute Gasteiger partial charge is 0.481 e. The van der Waals surface area contributed by atoms with Crippen LogP contribution < -0.4 is 5.32 Å². The first-order chi connectivity index (χ1) is 17.7. The summed E-state index contributed by atoms with van der Waals surface area (Å²) in [6.45, 7) is 4.38. The fraction of sp³-hybridized carbons (Fsp3) is 0.571. The molecule has 1 amide bonds. The van der Waals surface area contributed by atoms with E-state index in [-0.39, 0.29) is 31.3 Å². The van der Waals surface area contributed by atoms with Crippen molar-refractivity contribution in [2.24, 2.45) is 17.3 Å². The minimum absolute atomic E-state index is 0.0254. The van der Waals surface area contributed by atoms with Crippen LogP contribution in [-0.4, -0.2) is 54.3 Å². The Morgan fingerprint density at radius 3 is 2.49 bits per heavy atom. The number of nitrogens with zero attached hydrogens (tertiary/aromatic N) is 1. The topological polar surface area (TPSA) is 128 Å². The maximum Gasteiger partial charge on any atom is 0.329 e.